The van der Waals surface area contributed by atoms with Crippen molar-refractivity contribution in [2.75, 3.05) is 26.7 Å². The fraction of sp³-hybridized carbons (Fsp3) is 0.789. The molecule has 0 bridgehead atoms. The Hall–Kier alpha value is -0.760. The van der Waals surface area contributed by atoms with Crippen molar-refractivity contribution in [3.63, 3.8) is 0 Å². The van der Waals surface area contributed by atoms with E-state index in [1.54, 1.807) is 0 Å². The topological polar surface area (TPSA) is 12.5 Å². The number of ether oxygens (including phenoxy) is 1. The molecule has 0 aliphatic heterocycles. The first-order valence-electron chi connectivity index (χ1n) is 8.57. The highest BCUT2D eigenvalue weighted by Gasteiger charge is 2.23. The lowest BCUT2D eigenvalue weighted by atomic mass is 9.78. The number of hydrogen-bond donors (Lipinski definition) is 0. The lowest BCUT2D eigenvalue weighted by molar-refractivity contribution is 0.147. The second-order valence-electron chi connectivity index (χ2n) is 7.47. The molecule has 0 saturated carbocycles. The molecule has 0 N–H and O–H groups in total. The molecule has 1 aliphatic carbocycles. The molecule has 0 radical (unpaired) electrons. The van der Waals surface area contributed by atoms with Gasteiger partial charge in [0, 0.05) is 12.5 Å². The maximum atomic E-state index is 6.01. The van der Waals surface area contributed by atoms with Gasteiger partial charge in [0.15, 0.2) is 0 Å². The summed E-state index contributed by atoms with van der Waals surface area (Å²) >= 11 is 0. The van der Waals surface area contributed by atoms with Gasteiger partial charge in [0.2, 0.25) is 0 Å². The number of likely N-dealkylation sites (N-methyl/N-ethyl adjacent to an activating group) is 1. The maximum absolute atomic E-state index is 6.01. The standard InChI is InChI=1S/C19H35NO/c1-7-8-9-12-20(6)13-14-21-18-11-10-17(15-16(18)2)19(3,4)5/h10-11,16H,7-9,12-15H2,1-6H3. The van der Waals surface area contributed by atoms with Gasteiger partial charge in [-0.05, 0) is 37.9 Å². The number of allylic oxidation sites excluding steroid dienone is 4. The second kappa shape index (κ2) is 8.63. The number of unbranched alkanes of at least 4 members (excludes halogenated alkanes) is 2. The van der Waals surface area contributed by atoms with Gasteiger partial charge in [0.25, 0.3) is 0 Å². The van der Waals surface area contributed by atoms with Crippen LogP contribution in [0.2, 0.25) is 0 Å². The van der Waals surface area contributed by atoms with Crippen LogP contribution in [0.4, 0.5) is 0 Å². The second-order valence-corrected chi connectivity index (χ2v) is 7.47. The molecule has 1 rings (SSSR count). The van der Waals surface area contributed by atoms with E-state index in [4.69, 9.17) is 4.74 Å². The molecule has 0 amide bonds. The summed E-state index contributed by atoms with van der Waals surface area (Å²) in [7, 11) is 2.19. The molecule has 1 unspecified atom stereocenters. The van der Waals surface area contributed by atoms with Gasteiger partial charge in [-0.3, -0.25) is 0 Å². The van der Waals surface area contributed by atoms with Crippen LogP contribution >= 0.6 is 0 Å². The molecule has 0 aromatic heterocycles. The van der Waals surface area contributed by atoms with Crippen LogP contribution in [0.15, 0.2) is 23.5 Å². The molecule has 0 saturated heterocycles. The molecule has 2 nitrogen and oxygen atoms in total. The van der Waals surface area contributed by atoms with Crippen LogP contribution < -0.4 is 0 Å². The van der Waals surface area contributed by atoms with Crippen LogP contribution in [0.1, 0.15) is 60.3 Å². The number of nitrogens with zero attached hydrogens (tertiary/aromatic N) is 1. The van der Waals surface area contributed by atoms with E-state index >= 15 is 0 Å². The summed E-state index contributed by atoms with van der Waals surface area (Å²) in [5.74, 6) is 1.67. The zero-order chi connectivity index (χ0) is 15.9. The van der Waals surface area contributed by atoms with Crippen molar-refractivity contribution in [1.82, 2.24) is 4.90 Å². The fourth-order valence-corrected chi connectivity index (χ4v) is 2.65. The Morgan fingerprint density at radius 2 is 1.90 bits per heavy atom. The summed E-state index contributed by atoms with van der Waals surface area (Å²) in [4.78, 5) is 2.38. The molecule has 1 aliphatic rings. The van der Waals surface area contributed by atoms with Gasteiger partial charge in [0.05, 0.1) is 5.76 Å². The van der Waals surface area contributed by atoms with Gasteiger partial charge < -0.3 is 9.64 Å². The summed E-state index contributed by atoms with van der Waals surface area (Å²) in [6, 6.07) is 0. The molecular weight excluding hydrogens is 258 g/mol. The van der Waals surface area contributed by atoms with Gasteiger partial charge in [-0.1, -0.05) is 59.1 Å². The van der Waals surface area contributed by atoms with E-state index in [1.807, 2.05) is 0 Å². The zero-order valence-electron chi connectivity index (χ0n) is 15.0. The van der Waals surface area contributed by atoms with Crippen LogP contribution in [0.25, 0.3) is 0 Å². The molecule has 0 aromatic carbocycles. The fourth-order valence-electron chi connectivity index (χ4n) is 2.65. The van der Waals surface area contributed by atoms with Crippen molar-refractivity contribution in [2.24, 2.45) is 11.3 Å². The largest absolute Gasteiger partial charge is 0.496 e. The first-order valence-corrected chi connectivity index (χ1v) is 8.57. The van der Waals surface area contributed by atoms with E-state index in [9.17, 15) is 0 Å². The minimum atomic E-state index is 0.274. The predicted molar refractivity (Wildman–Crippen MR) is 92.4 cm³/mol. The Morgan fingerprint density at radius 1 is 1.19 bits per heavy atom. The van der Waals surface area contributed by atoms with Crippen LogP contribution in [0.3, 0.4) is 0 Å². The van der Waals surface area contributed by atoms with Gasteiger partial charge in [-0.2, -0.15) is 0 Å². The van der Waals surface area contributed by atoms with Crippen molar-refractivity contribution >= 4 is 0 Å². The average molecular weight is 293 g/mol. The summed E-state index contributed by atoms with van der Waals surface area (Å²) in [5, 5.41) is 0. The molecule has 0 aromatic rings. The highest BCUT2D eigenvalue weighted by molar-refractivity contribution is 5.26. The lowest BCUT2D eigenvalue weighted by Crippen LogP contribution is -2.25. The van der Waals surface area contributed by atoms with Crippen molar-refractivity contribution in [3.05, 3.63) is 23.5 Å². The SMILES string of the molecule is CCCCCN(C)CCOC1=CC=C(C(C)(C)C)CC1C. The Morgan fingerprint density at radius 3 is 2.48 bits per heavy atom. The van der Waals surface area contributed by atoms with E-state index in [0.29, 0.717) is 5.92 Å². The van der Waals surface area contributed by atoms with Crippen molar-refractivity contribution in [3.8, 4) is 0 Å². The minimum Gasteiger partial charge on any atom is -0.496 e. The maximum Gasteiger partial charge on any atom is 0.100 e. The van der Waals surface area contributed by atoms with Crippen LogP contribution in [-0.2, 0) is 4.74 Å². The monoisotopic (exact) mass is 293 g/mol. The highest BCUT2D eigenvalue weighted by atomic mass is 16.5. The summed E-state index contributed by atoms with van der Waals surface area (Å²) in [6.45, 7) is 14.4. The lowest BCUT2D eigenvalue weighted by Gasteiger charge is -2.30. The van der Waals surface area contributed by atoms with E-state index in [0.717, 1.165) is 25.3 Å². The molecule has 0 fully saturated rings. The third-order valence-corrected chi connectivity index (χ3v) is 4.31. The van der Waals surface area contributed by atoms with Gasteiger partial charge in [-0.15, -0.1) is 0 Å². The first-order chi connectivity index (χ1) is 9.84. The molecule has 2 heteroatoms. The van der Waals surface area contributed by atoms with Crippen molar-refractivity contribution < 1.29 is 4.74 Å². The normalized spacial score (nSPS) is 19.5. The van der Waals surface area contributed by atoms with Crippen LogP contribution in [-0.4, -0.2) is 31.6 Å². The number of hydrogen-bond acceptors (Lipinski definition) is 2. The Labute approximate surface area is 132 Å². The third-order valence-electron chi connectivity index (χ3n) is 4.31. The Bertz CT molecular complexity index is 362. The molecule has 1 atom stereocenters. The Balaban J connectivity index is 2.35. The molecule has 21 heavy (non-hydrogen) atoms. The third kappa shape index (κ3) is 6.69. The van der Waals surface area contributed by atoms with Crippen molar-refractivity contribution in [2.45, 2.75) is 60.3 Å². The van der Waals surface area contributed by atoms with Crippen LogP contribution in [0.5, 0.6) is 0 Å². The quantitative estimate of drug-likeness (QED) is 0.583. The molecule has 122 valence electrons. The first kappa shape index (κ1) is 18.3. The van der Waals surface area contributed by atoms with E-state index in [-0.39, 0.29) is 5.41 Å². The molecular formula is C19H35NO. The van der Waals surface area contributed by atoms with Gasteiger partial charge >= 0.3 is 0 Å². The smallest absolute Gasteiger partial charge is 0.100 e. The summed E-state index contributed by atoms with van der Waals surface area (Å²) in [5.41, 5.74) is 1.80. The van der Waals surface area contributed by atoms with E-state index < -0.39 is 0 Å². The van der Waals surface area contributed by atoms with Gasteiger partial charge in [0.1, 0.15) is 6.61 Å². The molecule has 0 spiro atoms. The summed E-state index contributed by atoms with van der Waals surface area (Å²) in [6.07, 6.45) is 9.49. The number of rotatable bonds is 8. The van der Waals surface area contributed by atoms with E-state index in [1.165, 1.54) is 31.4 Å². The van der Waals surface area contributed by atoms with Crippen molar-refractivity contribution in [1.29, 1.82) is 0 Å². The molecule has 0 heterocycles. The summed E-state index contributed by atoms with van der Waals surface area (Å²) < 4.78 is 6.01. The Kier molecular flexibility index (Phi) is 7.51. The highest BCUT2D eigenvalue weighted by Crippen LogP contribution is 2.35. The zero-order valence-corrected chi connectivity index (χ0v) is 15.0. The minimum absolute atomic E-state index is 0.274. The average Bonchev–Trinajstić information content (AvgIpc) is 2.39. The van der Waals surface area contributed by atoms with Crippen LogP contribution in [0, 0.1) is 11.3 Å². The van der Waals surface area contributed by atoms with Gasteiger partial charge in [-0.25, -0.2) is 0 Å². The van der Waals surface area contributed by atoms with E-state index in [2.05, 4.69) is 58.7 Å². The predicted octanol–water partition coefficient (Wildman–Crippen LogP) is 5.02.